The Bertz CT molecular complexity index is 1210. The average molecular weight is 499 g/mol. The lowest BCUT2D eigenvalue weighted by Crippen LogP contribution is -2.05. The van der Waals surface area contributed by atoms with Crippen LogP contribution in [0.3, 0.4) is 0 Å². The second-order valence-corrected chi connectivity index (χ2v) is 7.97. The Morgan fingerprint density at radius 2 is 1.90 bits per heavy atom. The molecule has 0 atom stereocenters. The van der Waals surface area contributed by atoms with E-state index in [1.165, 1.54) is 0 Å². The summed E-state index contributed by atoms with van der Waals surface area (Å²) in [4.78, 5) is 16.6. The van der Waals surface area contributed by atoms with E-state index in [4.69, 9.17) is 25.8 Å². The third-order valence-corrected chi connectivity index (χ3v) is 5.32. The van der Waals surface area contributed by atoms with Crippen molar-refractivity contribution < 1.29 is 19.0 Å². The molecule has 1 aliphatic rings. The van der Waals surface area contributed by atoms with Crippen molar-refractivity contribution in [1.29, 1.82) is 0 Å². The number of halogens is 2. The second-order valence-electron chi connectivity index (χ2n) is 6.64. The molecule has 0 aliphatic carbocycles. The first-order valence-corrected chi connectivity index (χ1v) is 10.5. The molecule has 0 radical (unpaired) electrons. The van der Waals surface area contributed by atoms with Crippen LogP contribution >= 0.6 is 27.5 Å². The van der Waals surface area contributed by atoms with Gasteiger partial charge in [-0.25, -0.2) is 9.79 Å². The highest BCUT2D eigenvalue weighted by Gasteiger charge is 2.25. The van der Waals surface area contributed by atoms with Crippen LogP contribution in [0.1, 0.15) is 16.7 Å². The number of benzene rings is 3. The Hall–Kier alpha value is -3.09. The SMILES string of the molecule is COc1cc(/C=C2\N=C(c3ccccc3Cl)OC2=O)ccc1OCc1cccc(Br)c1. The molecule has 0 N–H and O–H groups in total. The van der Waals surface area contributed by atoms with E-state index < -0.39 is 5.97 Å². The van der Waals surface area contributed by atoms with E-state index in [9.17, 15) is 4.79 Å². The molecule has 0 saturated carbocycles. The minimum Gasteiger partial charge on any atom is -0.493 e. The maximum absolute atomic E-state index is 12.3. The van der Waals surface area contributed by atoms with Gasteiger partial charge in [-0.05, 0) is 53.6 Å². The first-order valence-electron chi connectivity index (χ1n) is 9.36. The molecule has 0 spiro atoms. The predicted octanol–water partition coefficient (Wildman–Crippen LogP) is 6.03. The van der Waals surface area contributed by atoms with Crippen molar-refractivity contribution in [2.24, 2.45) is 4.99 Å². The molecule has 3 aromatic rings. The highest BCUT2D eigenvalue weighted by Crippen LogP contribution is 2.31. The molecule has 156 valence electrons. The largest absolute Gasteiger partial charge is 0.493 e. The van der Waals surface area contributed by atoms with Crippen LogP contribution in [0.25, 0.3) is 6.08 Å². The first kappa shape index (κ1) is 21.2. The summed E-state index contributed by atoms with van der Waals surface area (Å²) in [5.41, 5.74) is 2.50. The fourth-order valence-corrected chi connectivity index (χ4v) is 3.66. The number of rotatable bonds is 6. The summed E-state index contributed by atoms with van der Waals surface area (Å²) < 4.78 is 17.6. The molecule has 7 heteroatoms. The number of carbonyl (C=O) groups is 1. The van der Waals surface area contributed by atoms with Gasteiger partial charge in [0.2, 0.25) is 5.90 Å². The van der Waals surface area contributed by atoms with Crippen molar-refractivity contribution in [3.05, 3.63) is 98.6 Å². The highest BCUT2D eigenvalue weighted by atomic mass is 79.9. The van der Waals surface area contributed by atoms with Crippen molar-refractivity contribution in [2.45, 2.75) is 6.61 Å². The standard InChI is InChI=1S/C24H17BrClNO4/c1-29-22-13-15(9-10-21(22)30-14-16-5-4-6-17(25)11-16)12-20-24(28)31-23(27-20)18-7-2-3-8-19(18)26/h2-13H,14H2,1H3/b20-12-. The van der Waals surface area contributed by atoms with Gasteiger partial charge in [0.15, 0.2) is 17.2 Å². The van der Waals surface area contributed by atoms with Crippen molar-refractivity contribution in [2.75, 3.05) is 7.11 Å². The summed E-state index contributed by atoms with van der Waals surface area (Å²) in [6, 6.07) is 20.3. The van der Waals surface area contributed by atoms with Gasteiger partial charge in [0.1, 0.15) is 6.61 Å². The Labute approximate surface area is 193 Å². The van der Waals surface area contributed by atoms with Crippen molar-refractivity contribution in [3.63, 3.8) is 0 Å². The summed E-state index contributed by atoms with van der Waals surface area (Å²) in [6.45, 7) is 0.397. The lowest BCUT2D eigenvalue weighted by atomic mass is 10.1. The van der Waals surface area contributed by atoms with Gasteiger partial charge in [0.05, 0.1) is 17.7 Å². The molecule has 4 rings (SSSR count). The predicted molar refractivity (Wildman–Crippen MR) is 124 cm³/mol. The molecule has 0 aromatic heterocycles. The number of ether oxygens (including phenoxy) is 3. The summed E-state index contributed by atoms with van der Waals surface area (Å²) in [6.07, 6.45) is 1.63. The average Bonchev–Trinajstić information content (AvgIpc) is 3.13. The van der Waals surface area contributed by atoms with Crippen LogP contribution in [0.15, 0.2) is 81.9 Å². The molecule has 0 fully saturated rings. The van der Waals surface area contributed by atoms with Gasteiger partial charge in [-0.1, -0.05) is 57.9 Å². The first-order chi connectivity index (χ1) is 15.0. The van der Waals surface area contributed by atoms with E-state index in [-0.39, 0.29) is 11.6 Å². The topological polar surface area (TPSA) is 57.1 Å². The van der Waals surface area contributed by atoms with E-state index in [2.05, 4.69) is 20.9 Å². The summed E-state index contributed by atoms with van der Waals surface area (Å²) in [5, 5.41) is 0.462. The Kier molecular flexibility index (Phi) is 6.39. The van der Waals surface area contributed by atoms with Crippen LogP contribution in [-0.2, 0) is 16.1 Å². The van der Waals surface area contributed by atoms with E-state index in [0.29, 0.717) is 28.7 Å². The normalized spacial score (nSPS) is 14.4. The van der Waals surface area contributed by atoms with Gasteiger partial charge in [-0.15, -0.1) is 0 Å². The fraction of sp³-hybridized carbons (Fsp3) is 0.0833. The van der Waals surface area contributed by atoms with Crippen LogP contribution in [0.5, 0.6) is 11.5 Å². The van der Waals surface area contributed by atoms with E-state index in [1.54, 1.807) is 49.6 Å². The lowest BCUT2D eigenvalue weighted by Gasteiger charge is -2.11. The minimum atomic E-state index is -0.538. The minimum absolute atomic E-state index is 0.180. The van der Waals surface area contributed by atoms with Crippen LogP contribution in [0, 0.1) is 0 Å². The maximum Gasteiger partial charge on any atom is 0.363 e. The zero-order valence-electron chi connectivity index (χ0n) is 16.5. The maximum atomic E-state index is 12.3. The Balaban J connectivity index is 1.55. The van der Waals surface area contributed by atoms with Crippen molar-refractivity contribution >= 4 is 45.5 Å². The lowest BCUT2D eigenvalue weighted by molar-refractivity contribution is -0.129. The number of hydrogen-bond donors (Lipinski definition) is 0. The van der Waals surface area contributed by atoms with Gasteiger partial charge >= 0.3 is 5.97 Å². The zero-order valence-corrected chi connectivity index (χ0v) is 18.8. The quantitative estimate of drug-likeness (QED) is 0.307. The fourth-order valence-electron chi connectivity index (χ4n) is 3.00. The molecule has 31 heavy (non-hydrogen) atoms. The third-order valence-electron chi connectivity index (χ3n) is 4.50. The molecule has 1 heterocycles. The molecule has 3 aromatic carbocycles. The van der Waals surface area contributed by atoms with Crippen LogP contribution < -0.4 is 9.47 Å². The van der Waals surface area contributed by atoms with E-state index in [0.717, 1.165) is 15.6 Å². The number of carbonyl (C=O) groups excluding carboxylic acids is 1. The van der Waals surface area contributed by atoms with Gasteiger partial charge in [0, 0.05) is 4.47 Å². The van der Waals surface area contributed by atoms with Gasteiger partial charge < -0.3 is 14.2 Å². The monoisotopic (exact) mass is 497 g/mol. The summed E-state index contributed by atoms with van der Waals surface area (Å²) >= 11 is 9.63. The molecule has 0 unspecified atom stereocenters. The van der Waals surface area contributed by atoms with Crippen LogP contribution in [0.4, 0.5) is 0 Å². The van der Waals surface area contributed by atoms with Gasteiger partial charge in [0.25, 0.3) is 0 Å². The van der Waals surface area contributed by atoms with Crippen molar-refractivity contribution in [1.82, 2.24) is 0 Å². The Morgan fingerprint density at radius 3 is 2.68 bits per heavy atom. The molecule has 0 saturated heterocycles. The zero-order chi connectivity index (χ0) is 21.8. The van der Waals surface area contributed by atoms with Gasteiger partial charge in [-0.2, -0.15) is 0 Å². The molecule has 0 amide bonds. The third kappa shape index (κ3) is 4.98. The molecular formula is C24H17BrClNO4. The smallest absolute Gasteiger partial charge is 0.363 e. The number of nitrogens with zero attached hydrogens (tertiary/aromatic N) is 1. The molecule has 1 aliphatic heterocycles. The molecular weight excluding hydrogens is 482 g/mol. The van der Waals surface area contributed by atoms with Crippen molar-refractivity contribution in [3.8, 4) is 11.5 Å². The van der Waals surface area contributed by atoms with Crippen LogP contribution in [-0.4, -0.2) is 19.0 Å². The van der Waals surface area contributed by atoms with E-state index >= 15 is 0 Å². The summed E-state index contributed by atoms with van der Waals surface area (Å²) in [5.74, 6) is 0.788. The molecule has 0 bridgehead atoms. The number of hydrogen-bond acceptors (Lipinski definition) is 5. The second kappa shape index (κ2) is 9.37. The van der Waals surface area contributed by atoms with Gasteiger partial charge in [-0.3, -0.25) is 0 Å². The van der Waals surface area contributed by atoms with E-state index in [1.807, 2.05) is 30.3 Å². The highest BCUT2D eigenvalue weighted by molar-refractivity contribution is 9.10. The Morgan fingerprint density at radius 1 is 1.06 bits per heavy atom. The summed E-state index contributed by atoms with van der Waals surface area (Å²) in [7, 11) is 1.57. The number of methoxy groups -OCH3 is 1. The molecule has 5 nitrogen and oxygen atoms in total. The number of aliphatic imine (C=N–C) groups is 1. The number of cyclic esters (lactones) is 1. The number of esters is 1. The van der Waals surface area contributed by atoms with Crippen LogP contribution in [0.2, 0.25) is 5.02 Å².